The molecule has 2 saturated heterocycles. The SMILES string of the molecule is CC(=O)c1cn(CC(=O)N2C[C@H](F)C[C@H]2C(=O)NCc2cccc(Cl)c2F)c2ccc(OOP(C)(=O)OOc3ccc4c(c3)c(C(C)=O)cn4CC(=O)N3C[C@H](F)C[C@H]3C(=O)NCc3cccc(Cl)c3F)cc12. The number of alkyl halides is 2. The molecule has 0 saturated carbocycles. The molecule has 4 aromatic carbocycles. The number of benzene rings is 4. The molecule has 2 aliphatic rings. The minimum absolute atomic E-state index is 0.0447. The van der Waals surface area contributed by atoms with Crippen molar-refractivity contribution in [3.05, 3.63) is 129 Å². The minimum atomic E-state index is -4.22. The van der Waals surface area contributed by atoms with Crippen LogP contribution in [0.5, 0.6) is 11.5 Å². The molecule has 0 unspecified atom stereocenters. The number of carbonyl (C=O) groups is 6. The van der Waals surface area contributed by atoms with E-state index in [4.69, 9.17) is 42.3 Å². The van der Waals surface area contributed by atoms with E-state index in [1.165, 1.54) is 108 Å². The van der Waals surface area contributed by atoms with E-state index in [0.29, 0.717) is 21.8 Å². The molecule has 8 rings (SSSR count). The molecule has 24 heteroatoms. The van der Waals surface area contributed by atoms with Crippen LogP contribution in [0.1, 0.15) is 58.5 Å². The fraction of sp³-hybridized carbons (Fsp3) is 0.306. The maximum Gasteiger partial charge on any atom is 0.402 e. The fourth-order valence-electron chi connectivity index (χ4n) is 8.77. The highest BCUT2D eigenvalue weighted by Crippen LogP contribution is 2.45. The first-order chi connectivity index (χ1) is 34.7. The molecular formula is C49H45Cl2F4N6O11P. The van der Waals surface area contributed by atoms with Crippen molar-refractivity contribution in [1.29, 1.82) is 0 Å². The Labute approximate surface area is 423 Å². The Morgan fingerprint density at radius 1 is 0.644 bits per heavy atom. The third-order valence-corrected chi connectivity index (χ3v) is 13.6. The zero-order valence-electron chi connectivity index (χ0n) is 39.0. The van der Waals surface area contributed by atoms with Gasteiger partial charge in [-0.1, -0.05) is 56.8 Å². The van der Waals surface area contributed by atoms with Gasteiger partial charge in [-0.3, -0.25) is 33.3 Å². The van der Waals surface area contributed by atoms with Gasteiger partial charge in [-0.05, 0) is 62.4 Å². The molecule has 2 aromatic heterocycles. The summed E-state index contributed by atoms with van der Waals surface area (Å²) in [7, 11) is -4.22. The van der Waals surface area contributed by atoms with Crippen LogP contribution in [-0.2, 0) is 59.3 Å². The summed E-state index contributed by atoms with van der Waals surface area (Å²) in [6, 6.07) is 14.7. The Hall–Kier alpha value is -6.77. The van der Waals surface area contributed by atoms with Crippen LogP contribution < -0.4 is 20.4 Å². The van der Waals surface area contributed by atoms with Crippen LogP contribution in [-0.4, -0.2) is 98.3 Å². The Bertz CT molecular complexity index is 3040. The van der Waals surface area contributed by atoms with Crippen LogP contribution in [0.25, 0.3) is 21.8 Å². The first-order valence-electron chi connectivity index (χ1n) is 22.5. The molecule has 4 atom stereocenters. The summed E-state index contributed by atoms with van der Waals surface area (Å²) in [5, 5.41) is 5.43. The van der Waals surface area contributed by atoms with E-state index in [1.54, 1.807) is 0 Å². The topological polar surface area (TPSA) is 197 Å². The Morgan fingerprint density at radius 3 is 1.42 bits per heavy atom. The summed E-state index contributed by atoms with van der Waals surface area (Å²) in [6.45, 7) is 1.61. The number of ketones is 2. The van der Waals surface area contributed by atoms with Crippen molar-refractivity contribution in [3.8, 4) is 11.5 Å². The zero-order chi connectivity index (χ0) is 52.5. The van der Waals surface area contributed by atoms with Gasteiger partial charge in [-0.25, -0.2) is 17.6 Å². The van der Waals surface area contributed by atoms with Crippen molar-refractivity contribution in [2.75, 3.05) is 19.8 Å². The Balaban J connectivity index is 0.891. The smallest absolute Gasteiger partial charge is 0.350 e. The van der Waals surface area contributed by atoms with Crippen molar-refractivity contribution in [1.82, 2.24) is 29.6 Å². The number of hydrogen-bond donors (Lipinski definition) is 2. The van der Waals surface area contributed by atoms with Crippen LogP contribution in [0.15, 0.2) is 85.2 Å². The Morgan fingerprint density at radius 2 is 1.04 bits per heavy atom. The number of carbonyl (C=O) groups excluding carboxylic acids is 6. The maximum absolute atomic E-state index is 14.7. The van der Waals surface area contributed by atoms with Gasteiger partial charge in [0.25, 0.3) is 0 Å². The number of aromatic nitrogens is 2. The normalized spacial score (nSPS) is 17.8. The maximum atomic E-state index is 14.7. The molecule has 0 aliphatic carbocycles. The summed E-state index contributed by atoms with van der Waals surface area (Å²) in [5.41, 5.74) is 1.28. The summed E-state index contributed by atoms with van der Waals surface area (Å²) in [6.07, 6.45) is -0.729. The average molecular weight is 1070 g/mol. The first kappa shape index (κ1) is 52.5. The van der Waals surface area contributed by atoms with Gasteiger partial charge in [0, 0.05) is 89.0 Å². The highest BCUT2D eigenvalue weighted by molar-refractivity contribution is 7.52. The number of likely N-dealkylation sites (tertiary alicyclic amines) is 2. The highest BCUT2D eigenvalue weighted by Gasteiger charge is 2.41. The third kappa shape index (κ3) is 11.7. The third-order valence-electron chi connectivity index (χ3n) is 12.3. The number of fused-ring (bicyclic) bond motifs is 2. The van der Waals surface area contributed by atoms with Gasteiger partial charge in [0.1, 0.15) is 49.2 Å². The van der Waals surface area contributed by atoms with Crippen molar-refractivity contribution < 1.29 is 70.0 Å². The Kier molecular flexibility index (Phi) is 15.7. The average Bonchev–Trinajstić information content (AvgIpc) is 4.14. The lowest BCUT2D eigenvalue weighted by Crippen LogP contribution is -2.46. The lowest BCUT2D eigenvalue weighted by Gasteiger charge is -2.24. The number of hydrogen-bond acceptors (Lipinski definition) is 11. The fourth-order valence-corrected chi connectivity index (χ4v) is 9.63. The number of amides is 4. The molecule has 73 heavy (non-hydrogen) atoms. The van der Waals surface area contributed by atoms with Gasteiger partial charge < -0.3 is 39.3 Å². The van der Waals surface area contributed by atoms with E-state index in [-0.39, 0.29) is 82.8 Å². The van der Waals surface area contributed by atoms with Gasteiger partial charge in [0.15, 0.2) is 23.1 Å². The van der Waals surface area contributed by atoms with Crippen LogP contribution in [0, 0.1) is 11.6 Å². The van der Waals surface area contributed by atoms with E-state index < -0.39 is 91.9 Å². The number of nitrogens with zero attached hydrogens (tertiary/aromatic N) is 4. The molecule has 17 nitrogen and oxygen atoms in total. The molecule has 384 valence electrons. The highest BCUT2D eigenvalue weighted by atomic mass is 35.5. The van der Waals surface area contributed by atoms with Gasteiger partial charge in [0.2, 0.25) is 23.6 Å². The van der Waals surface area contributed by atoms with Crippen LogP contribution in [0.4, 0.5) is 17.6 Å². The zero-order valence-corrected chi connectivity index (χ0v) is 41.5. The number of Topliss-reactive ketones (excluding diaryl/α,β-unsaturated/α-hetero) is 2. The lowest BCUT2D eigenvalue weighted by atomic mass is 10.1. The van der Waals surface area contributed by atoms with E-state index >= 15 is 0 Å². The molecule has 2 N–H and O–H groups in total. The summed E-state index contributed by atoms with van der Waals surface area (Å²) in [5.74, 6) is -4.94. The predicted molar refractivity (Wildman–Crippen MR) is 257 cm³/mol. The van der Waals surface area contributed by atoms with Crippen molar-refractivity contribution in [3.63, 3.8) is 0 Å². The second-order valence-corrected chi connectivity index (χ2v) is 20.2. The van der Waals surface area contributed by atoms with E-state index in [9.17, 15) is 50.9 Å². The molecule has 0 radical (unpaired) electrons. The summed E-state index contributed by atoms with van der Waals surface area (Å²) in [4.78, 5) is 92.0. The van der Waals surface area contributed by atoms with E-state index in [0.717, 1.165) is 16.5 Å². The largest absolute Gasteiger partial charge is 0.402 e. The monoisotopic (exact) mass is 1070 g/mol. The summed E-state index contributed by atoms with van der Waals surface area (Å²) >= 11 is 11.7. The van der Waals surface area contributed by atoms with E-state index in [2.05, 4.69) is 10.6 Å². The summed E-state index contributed by atoms with van der Waals surface area (Å²) < 4.78 is 84.8. The number of rotatable bonds is 18. The molecule has 2 fully saturated rings. The van der Waals surface area contributed by atoms with Gasteiger partial charge >= 0.3 is 7.60 Å². The van der Waals surface area contributed by atoms with Gasteiger partial charge in [0.05, 0.1) is 23.1 Å². The van der Waals surface area contributed by atoms with Crippen LogP contribution in [0.2, 0.25) is 10.0 Å². The van der Waals surface area contributed by atoms with Crippen molar-refractivity contribution in [2.24, 2.45) is 0 Å². The predicted octanol–water partition coefficient (Wildman–Crippen LogP) is 8.24. The quantitative estimate of drug-likeness (QED) is 0.0277. The molecule has 2 aliphatic heterocycles. The van der Waals surface area contributed by atoms with Gasteiger partial charge in [-0.2, -0.15) is 0 Å². The first-order valence-corrected chi connectivity index (χ1v) is 25.3. The molecule has 4 amide bonds. The number of halogens is 6. The van der Waals surface area contributed by atoms with Crippen LogP contribution in [0.3, 0.4) is 0 Å². The van der Waals surface area contributed by atoms with Crippen LogP contribution >= 0.6 is 30.8 Å². The minimum Gasteiger partial charge on any atom is -0.350 e. The molecular weight excluding hydrogens is 1030 g/mol. The molecule has 4 heterocycles. The molecule has 6 aromatic rings. The van der Waals surface area contributed by atoms with Gasteiger partial charge in [-0.15, -0.1) is 0 Å². The second kappa shape index (κ2) is 21.8. The molecule has 0 spiro atoms. The standard InChI is InChI=1S/C49H45Cl2F4N6O11P/c1-26(62)36-22-58(24-44(64)60-20-30(52)14-42(60)48(66)56-18-28-6-4-8-38(50)46(28)54)40-12-10-32(16-34(36)40)69-71-73(3,68)72-70-33-11-13-41-35(17-33)37(27(2)63)23-59(41)25-45(65)61-21-31(53)15-43(61)49(67)57-19-29-7-5-9-39(51)47(29)55/h4-13,16-17,22-23,30-31,42-43H,14-15,18-21,24-25H2,1-3H3,(H,56,66)(H,57,67)/t30-,31-,42+,43+/m1/s1. The molecule has 0 bridgehead atoms. The number of nitrogens with one attached hydrogen (secondary N) is 2. The van der Waals surface area contributed by atoms with Crippen molar-refractivity contribution in [2.45, 2.75) is 77.3 Å². The van der Waals surface area contributed by atoms with E-state index in [1.807, 2.05) is 0 Å². The van der Waals surface area contributed by atoms with Crippen molar-refractivity contribution >= 4 is 87.8 Å². The lowest BCUT2D eigenvalue weighted by molar-refractivity contribution is -0.169. The second-order valence-electron chi connectivity index (χ2n) is 17.5.